The Morgan fingerprint density at radius 2 is 1.96 bits per heavy atom. The molecule has 0 radical (unpaired) electrons. The van der Waals surface area contributed by atoms with Crippen LogP contribution in [0, 0.1) is 0 Å². The standard InChI is InChI=1S/C15H20F3N3O2.ClH/c1-23-12-5-3-2-4-11(12)14(22)20-10-13(15(16,17)18)21-8-6-19-7-9-21;/h2-5,13,19H,6-10H2,1H3,(H,20,22);1H. The van der Waals surface area contributed by atoms with Crippen LogP contribution >= 0.6 is 12.4 Å². The summed E-state index contributed by atoms with van der Waals surface area (Å²) in [6.07, 6.45) is -4.40. The van der Waals surface area contributed by atoms with Crippen LogP contribution in [-0.2, 0) is 0 Å². The maximum atomic E-state index is 13.3. The SMILES string of the molecule is COc1ccccc1C(=O)NCC(N1CCNCC1)C(F)(F)F.Cl. The number of amides is 1. The fraction of sp³-hybridized carbons (Fsp3) is 0.533. The van der Waals surface area contributed by atoms with Gasteiger partial charge in [0.1, 0.15) is 11.8 Å². The molecule has 0 aliphatic carbocycles. The number of para-hydroxylation sites is 1. The topological polar surface area (TPSA) is 53.6 Å². The highest BCUT2D eigenvalue weighted by atomic mass is 35.5. The number of ether oxygens (including phenoxy) is 1. The van der Waals surface area contributed by atoms with Crippen LogP contribution in [0.15, 0.2) is 24.3 Å². The predicted molar refractivity (Wildman–Crippen MR) is 86.9 cm³/mol. The highest BCUT2D eigenvalue weighted by Crippen LogP contribution is 2.25. The van der Waals surface area contributed by atoms with E-state index < -0.39 is 24.7 Å². The van der Waals surface area contributed by atoms with Crippen LogP contribution in [0.2, 0.25) is 0 Å². The second-order valence-corrected chi connectivity index (χ2v) is 5.25. The fourth-order valence-electron chi connectivity index (χ4n) is 2.56. The molecule has 1 aromatic carbocycles. The van der Waals surface area contributed by atoms with Crippen molar-refractivity contribution in [3.8, 4) is 5.75 Å². The smallest absolute Gasteiger partial charge is 0.405 e. The van der Waals surface area contributed by atoms with Crippen LogP contribution in [0.5, 0.6) is 5.75 Å². The van der Waals surface area contributed by atoms with E-state index in [4.69, 9.17) is 4.74 Å². The fourth-order valence-corrected chi connectivity index (χ4v) is 2.56. The van der Waals surface area contributed by atoms with E-state index in [-0.39, 0.29) is 18.0 Å². The molecule has 1 heterocycles. The maximum absolute atomic E-state index is 13.3. The number of carbonyl (C=O) groups is 1. The average Bonchev–Trinajstić information content (AvgIpc) is 2.54. The minimum absolute atomic E-state index is 0. The Labute approximate surface area is 144 Å². The number of hydrogen-bond donors (Lipinski definition) is 2. The monoisotopic (exact) mass is 367 g/mol. The number of piperazine rings is 1. The number of halogens is 4. The summed E-state index contributed by atoms with van der Waals surface area (Å²) < 4.78 is 44.8. The Morgan fingerprint density at radius 3 is 2.54 bits per heavy atom. The molecule has 1 amide bonds. The molecular formula is C15H21ClF3N3O2. The Kier molecular flexibility index (Phi) is 7.78. The third kappa shape index (κ3) is 5.25. The van der Waals surface area contributed by atoms with Crippen LogP contribution < -0.4 is 15.4 Å². The normalized spacial score (nSPS) is 16.8. The summed E-state index contributed by atoms with van der Waals surface area (Å²) in [7, 11) is 1.41. The molecule has 1 fully saturated rings. The molecule has 1 aliphatic rings. The van der Waals surface area contributed by atoms with Crippen molar-refractivity contribution in [2.45, 2.75) is 12.2 Å². The van der Waals surface area contributed by atoms with Crippen molar-refractivity contribution in [2.75, 3.05) is 39.8 Å². The van der Waals surface area contributed by atoms with Crippen molar-refractivity contribution in [1.29, 1.82) is 0 Å². The van der Waals surface area contributed by atoms with Crippen LogP contribution in [0.1, 0.15) is 10.4 Å². The molecular weight excluding hydrogens is 347 g/mol. The summed E-state index contributed by atoms with van der Waals surface area (Å²) in [5.74, 6) is -0.248. The first-order valence-electron chi connectivity index (χ1n) is 7.36. The molecule has 1 unspecified atom stereocenters. The van der Waals surface area contributed by atoms with Gasteiger partial charge >= 0.3 is 6.18 Å². The Bertz CT molecular complexity index is 537. The van der Waals surface area contributed by atoms with Gasteiger partial charge in [0.25, 0.3) is 5.91 Å². The van der Waals surface area contributed by atoms with E-state index in [0.717, 1.165) is 0 Å². The molecule has 1 aromatic rings. The largest absolute Gasteiger partial charge is 0.496 e. The van der Waals surface area contributed by atoms with E-state index in [1.54, 1.807) is 18.2 Å². The van der Waals surface area contributed by atoms with Crippen LogP contribution in [-0.4, -0.2) is 62.9 Å². The second-order valence-electron chi connectivity index (χ2n) is 5.25. The van der Waals surface area contributed by atoms with Gasteiger partial charge in [0, 0.05) is 32.7 Å². The predicted octanol–water partition coefficient (Wildman–Crippen LogP) is 1.68. The molecule has 136 valence electrons. The first-order valence-corrected chi connectivity index (χ1v) is 7.36. The van der Waals surface area contributed by atoms with Gasteiger partial charge in [0.05, 0.1) is 12.7 Å². The molecule has 1 saturated heterocycles. The Balaban J connectivity index is 0.00000288. The molecule has 2 N–H and O–H groups in total. The lowest BCUT2D eigenvalue weighted by molar-refractivity contribution is -0.183. The van der Waals surface area contributed by atoms with E-state index in [9.17, 15) is 18.0 Å². The first kappa shape index (κ1) is 20.5. The summed E-state index contributed by atoms with van der Waals surface area (Å²) in [5.41, 5.74) is 0.219. The van der Waals surface area contributed by atoms with Crippen molar-refractivity contribution in [3.63, 3.8) is 0 Å². The molecule has 1 aliphatic heterocycles. The van der Waals surface area contributed by atoms with Gasteiger partial charge in [-0.05, 0) is 12.1 Å². The molecule has 0 bridgehead atoms. The highest BCUT2D eigenvalue weighted by molar-refractivity contribution is 5.96. The van der Waals surface area contributed by atoms with Gasteiger partial charge < -0.3 is 15.4 Å². The summed E-state index contributed by atoms with van der Waals surface area (Å²) in [6.45, 7) is 1.13. The molecule has 0 aromatic heterocycles. The Morgan fingerprint density at radius 1 is 1.33 bits per heavy atom. The zero-order valence-electron chi connectivity index (χ0n) is 13.2. The number of benzene rings is 1. The van der Waals surface area contributed by atoms with Gasteiger partial charge in [-0.25, -0.2) is 0 Å². The highest BCUT2D eigenvalue weighted by Gasteiger charge is 2.43. The maximum Gasteiger partial charge on any atom is 0.405 e. The molecule has 9 heteroatoms. The summed E-state index contributed by atoms with van der Waals surface area (Å²) in [6, 6.07) is 4.74. The van der Waals surface area contributed by atoms with Gasteiger partial charge in [-0.3, -0.25) is 9.69 Å². The number of nitrogens with zero attached hydrogens (tertiary/aromatic N) is 1. The minimum atomic E-state index is -4.40. The first-order chi connectivity index (χ1) is 10.9. The number of carbonyl (C=O) groups excluding carboxylic acids is 1. The lowest BCUT2D eigenvalue weighted by atomic mass is 10.1. The average molecular weight is 368 g/mol. The lowest BCUT2D eigenvalue weighted by Crippen LogP contribution is -2.57. The van der Waals surface area contributed by atoms with E-state index >= 15 is 0 Å². The molecule has 1 atom stereocenters. The van der Waals surface area contributed by atoms with E-state index in [1.807, 2.05) is 0 Å². The van der Waals surface area contributed by atoms with Crippen LogP contribution in [0.3, 0.4) is 0 Å². The van der Waals surface area contributed by atoms with Crippen molar-refractivity contribution >= 4 is 18.3 Å². The number of nitrogens with one attached hydrogen (secondary N) is 2. The van der Waals surface area contributed by atoms with Crippen molar-refractivity contribution in [3.05, 3.63) is 29.8 Å². The van der Waals surface area contributed by atoms with Gasteiger partial charge in [-0.15, -0.1) is 12.4 Å². The van der Waals surface area contributed by atoms with Gasteiger partial charge in [0.2, 0.25) is 0 Å². The van der Waals surface area contributed by atoms with Crippen molar-refractivity contribution in [2.24, 2.45) is 0 Å². The van der Waals surface area contributed by atoms with Gasteiger partial charge in [-0.1, -0.05) is 12.1 Å². The van der Waals surface area contributed by atoms with E-state index in [0.29, 0.717) is 31.9 Å². The number of hydrogen-bond acceptors (Lipinski definition) is 4. The third-order valence-electron chi connectivity index (χ3n) is 3.78. The summed E-state index contributed by atoms with van der Waals surface area (Å²) in [5, 5.41) is 5.39. The van der Waals surface area contributed by atoms with Crippen molar-refractivity contribution in [1.82, 2.24) is 15.5 Å². The van der Waals surface area contributed by atoms with Crippen LogP contribution in [0.25, 0.3) is 0 Å². The van der Waals surface area contributed by atoms with Crippen LogP contribution in [0.4, 0.5) is 13.2 Å². The third-order valence-corrected chi connectivity index (χ3v) is 3.78. The number of alkyl halides is 3. The second kappa shape index (κ2) is 9.10. The molecule has 2 rings (SSSR count). The van der Waals surface area contributed by atoms with Crippen molar-refractivity contribution < 1.29 is 22.7 Å². The number of methoxy groups -OCH3 is 1. The molecule has 24 heavy (non-hydrogen) atoms. The summed E-state index contributed by atoms with van der Waals surface area (Å²) >= 11 is 0. The zero-order chi connectivity index (χ0) is 16.9. The Hall–Kier alpha value is -1.51. The quantitative estimate of drug-likeness (QED) is 0.831. The molecule has 5 nitrogen and oxygen atoms in total. The number of rotatable bonds is 5. The molecule has 0 saturated carbocycles. The van der Waals surface area contributed by atoms with E-state index in [1.165, 1.54) is 18.1 Å². The van der Waals surface area contributed by atoms with Gasteiger partial charge in [0.15, 0.2) is 0 Å². The van der Waals surface area contributed by atoms with E-state index in [2.05, 4.69) is 10.6 Å². The van der Waals surface area contributed by atoms with Gasteiger partial charge in [-0.2, -0.15) is 13.2 Å². The minimum Gasteiger partial charge on any atom is -0.496 e. The summed E-state index contributed by atoms with van der Waals surface area (Å²) in [4.78, 5) is 13.5. The lowest BCUT2D eigenvalue weighted by Gasteiger charge is -2.35. The zero-order valence-corrected chi connectivity index (χ0v) is 14.0. The molecule has 0 spiro atoms.